The van der Waals surface area contributed by atoms with Gasteiger partial charge >= 0.3 is 0 Å². The summed E-state index contributed by atoms with van der Waals surface area (Å²) in [5, 5.41) is 4.05. The lowest BCUT2D eigenvalue weighted by Crippen LogP contribution is -2.49. The highest BCUT2D eigenvalue weighted by molar-refractivity contribution is 6.32. The second-order valence-electron chi connectivity index (χ2n) is 6.23. The van der Waals surface area contributed by atoms with Gasteiger partial charge in [-0.2, -0.15) is 0 Å². The van der Waals surface area contributed by atoms with Gasteiger partial charge in [0.25, 0.3) is 5.91 Å². The van der Waals surface area contributed by atoms with Crippen LogP contribution in [-0.2, 0) is 6.42 Å². The molecule has 25 heavy (non-hydrogen) atoms. The van der Waals surface area contributed by atoms with Gasteiger partial charge in [0.05, 0.1) is 11.4 Å². The smallest absolute Gasteiger partial charge is 0.253 e. The van der Waals surface area contributed by atoms with Crippen LogP contribution in [0.15, 0.2) is 48.7 Å². The molecule has 0 spiro atoms. The van der Waals surface area contributed by atoms with Crippen LogP contribution in [0.3, 0.4) is 0 Å². The number of benzene rings is 2. The molecule has 0 unspecified atom stereocenters. The zero-order chi connectivity index (χ0) is 17.2. The highest BCUT2D eigenvalue weighted by atomic mass is 35.5. The maximum atomic E-state index is 12.6. The van der Waals surface area contributed by atoms with Crippen LogP contribution in [0.2, 0.25) is 5.02 Å². The lowest BCUT2D eigenvalue weighted by atomic mass is 10.0. The number of fused-ring (bicyclic) bond motifs is 1. The van der Waals surface area contributed by atoms with Gasteiger partial charge < -0.3 is 15.1 Å². The Morgan fingerprint density at radius 3 is 2.64 bits per heavy atom. The van der Waals surface area contributed by atoms with E-state index < -0.39 is 0 Å². The summed E-state index contributed by atoms with van der Waals surface area (Å²) in [5.74, 6) is 0.100. The van der Waals surface area contributed by atoms with Crippen molar-refractivity contribution in [3.05, 3.63) is 70.9 Å². The van der Waals surface area contributed by atoms with Crippen molar-refractivity contribution in [2.75, 3.05) is 36.4 Å². The molecule has 2 aliphatic rings. The Balaban J connectivity index is 1.49. The van der Waals surface area contributed by atoms with E-state index >= 15 is 0 Å². The Hall–Kier alpha value is -2.46. The van der Waals surface area contributed by atoms with E-state index in [1.165, 1.54) is 0 Å². The number of rotatable bonds is 2. The van der Waals surface area contributed by atoms with Crippen molar-refractivity contribution >= 4 is 28.9 Å². The highest BCUT2D eigenvalue weighted by Gasteiger charge is 2.25. The van der Waals surface area contributed by atoms with E-state index in [0.717, 1.165) is 47.0 Å². The number of nitrogens with one attached hydrogen (secondary N) is 1. The number of piperazine rings is 1. The van der Waals surface area contributed by atoms with E-state index in [4.69, 9.17) is 11.6 Å². The molecule has 0 saturated carbocycles. The first-order chi connectivity index (χ1) is 12.2. The number of allylic oxidation sites excluding steroid dienone is 1. The third-order valence-electron chi connectivity index (χ3n) is 4.73. The summed E-state index contributed by atoms with van der Waals surface area (Å²) >= 11 is 6.31. The van der Waals surface area contributed by atoms with Crippen molar-refractivity contribution in [2.24, 2.45) is 0 Å². The van der Waals surface area contributed by atoms with Crippen LogP contribution < -0.4 is 10.2 Å². The Labute approximate surface area is 152 Å². The minimum absolute atomic E-state index is 0.100. The standard InChI is InChI=1S/C20H19ClN3O/c21-17-8-9-18(19-16(17)7-4-10-22-19)23-11-13-24(14-12-23)20(25)15-5-2-1-3-6-15/h1-6,8,10,22H,7,11-14H2. The number of carbonyl (C=O) groups is 1. The van der Waals surface area contributed by atoms with Gasteiger partial charge in [0.1, 0.15) is 0 Å². The first-order valence-corrected chi connectivity index (χ1v) is 8.86. The van der Waals surface area contributed by atoms with Gasteiger partial charge in [-0.1, -0.05) is 35.9 Å². The van der Waals surface area contributed by atoms with E-state index in [2.05, 4.69) is 22.4 Å². The molecule has 1 saturated heterocycles. The average molecular weight is 353 g/mol. The minimum atomic E-state index is 0.100. The number of hydrogen-bond acceptors (Lipinski definition) is 3. The van der Waals surface area contributed by atoms with Crippen LogP contribution in [0.4, 0.5) is 11.4 Å². The molecular formula is C20H19ClN3O. The average Bonchev–Trinajstić information content (AvgIpc) is 2.69. The number of amides is 1. The van der Waals surface area contributed by atoms with Crippen molar-refractivity contribution in [1.29, 1.82) is 0 Å². The molecule has 2 heterocycles. The van der Waals surface area contributed by atoms with Gasteiger partial charge in [0.2, 0.25) is 0 Å². The number of carbonyl (C=O) groups excluding carboxylic acids is 1. The fourth-order valence-corrected chi connectivity index (χ4v) is 3.60. The number of nitrogens with zero attached hydrogens (tertiary/aromatic N) is 2. The van der Waals surface area contributed by atoms with E-state index in [1.807, 2.05) is 47.5 Å². The Kier molecular flexibility index (Phi) is 4.36. The SMILES string of the molecule is O=C(c1ccccc1)N1CCN(c2[c]cc(Cl)c3c2NC=CC3)CC1. The number of halogens is 1. The van der Waals surface area contributed by atoms with E-state index in [0.29, 0.717) is 13.1 Å². The van der Waals surface area contributed by atoms with E-state index in [9.17, 15) is 4.79 Å². The van der Waals surface area contributed by atoms with Crippen LogP contribution in [0.5, 0.6) is 0 Å². The molecule has 1 N–H and O–H groups in total. The Morgan fingerprint density at radius 2 is 1.88 bits per heavy atom. The van der Waals surface area contributed by atoms with Gasteiger partial charge in [-0.05, 0) is 30.8 Å². The van der Waals surface area contributed by atoms with E-state index in [-0.39, 0.29) is 5.91 Å². The predicted octanol–water partition coefficient (Wildman–Crippen LogP) is 3.58. The molecule has 1 fully saturated rings. The van der Waals surface area contributed by atoms with Crippen LogP contribution >= 0.6 is 11.6 Å². The number of hydrogen-bond donors (Lipinski definition) is 1. The molecule has 0 atom stereocenters. The topological polar surface area (TPSA) is 35.6 Å². The summed E-state index contributed by atoms with van der Waals surface area (Å²) < 4.78 is 0. The molecule has 4 rings (SSSR count). The summed E-state index contributed by atoms with van der Waals surface area (Å²) in [4.78, 5) is 16.8. The lowest BCUT2D eigenvalue weighted by molar-refractivity contribution is 0.0747. The quantitative estimate of drug-likeness (QED) is 0.897. The molecule has 1 amide bonds. The predicted molar refractivity (Wildman–Crippen MR) is 101 cm³/mol. The lowest BCUT2D eigenvalue weighted by Gasteiger charge is -2.37. The second-order valence-corrected chi connectivity index (χ2v) is 6.64. The summed E-state index contributed by atoms with van der Waals surface area (Å²) in [5.41, 5.74) is 3.94. The Bertz CT molecular complexity index is 811. The monoisotopic (exact) mass is 352 g/mol. The minimum Gasteiger partial charge on any atom is -0.366 e. The second kappa shape index (κ2) is 6.81. The zero-order valence-corrected chi connectivity index (χ0v) is 14.6. The van der Waals surface area contributed by atoms with Gasteiger partial charge in [0.15, 0.2) is 0 Å². The highest BCUT2D eigenvalue weighted by Crippen LogP contribution is 2.36. The molecular weight excluding hydrogens is 334 g/mol. The van der Waals surface area contributed by atoms with Gasteiger partial charge in [-0.3, -0.25) is 4.79 Å². The van der Waals surface area contributed by atoms with Crippen LogP contribution in [0.25, 0.3) is 0 Å². The van der Waals surface area contributed by atoms with Gasteiger partial charge in [-0.15, -0.1) is 0 Å². The molecule has 2 aromatic rings. The van der Waals surface area contributed by atoms with Crippen molar-refractivity contribution in [3.63, 3.8) is 0 Å². The first kappa shape index (κ1) is 16.0. The van der Waals surface area contributed by atoms with Crippen LogP contribution in [0.1, 0.15) is 15.9 Å². The molecule has 127 valence electrons. The normalized spacial score (nSPS) is 16.4. The van der Waals surface area contributed by atoms with Gasteiger partial charge in [0, 0.05) is 48.4 Å². The van der Waals surface area contributed by atoms with Crippen molar-refractivity contribution in [3.8, 4) is 0 Å². The Morgan fingerprint density at radius 1 is 1.12 bits per heavy atom. The van der Waals surface area contributed by atoms with Crippen molar-refractivity contribution in [1.82, 2.24) is 4.90 Å². The fraction of sp³-hybridized carbons (Fsp3) is 0.250. The molecule has 2 aliphatic heterocycles. The maximum Gasteiger partial charge on any atom is 0.253 e. The third-order valence-corrected chi connectivity index (χ3v) is 5.07. The molecule has 2 aromatic carbocycles. The third kappa shape index (κ3) is 3.10. The summed E-state index contributed by atoms with van der Waals surface area (Å²) in [6.07, 6.45) is 4.84. The zero-order valence-electron chi connectivity index (χ0n) is 13.8. The van der Waals surface area contributed by atoms with E-state index in [1.54, 1.807) is 0 Å². The van der Waals surface area contributed by atoms with Crippen molar-refractivity contribution < 1.29 is 4.79 Å². The molecule has 0 aromatic heterocycles. The molecule has 5 heteroatoms. The molecule has 4 nitrogen and oxygen atoms in total. The number of anilines is 2. The largest absolute Gasteiger partial charge is 0.366 e. The fourth-order valence-electron chi connectivity index (χ4n) is 3.37. The summed E-state index contributed by atoms with van der Waals surface area (Å²) in [7, 11) is 0. The van der Waals surface area contributed by atoms with Crippen LogP contribution in [0, 0.1) is 6.07 Å². The first-order valence-electron chi connectivity index (χ1n) is 8.48. The summed E-state index contributed by atoms with van der Waals surface area (Å²) in [6, 6.07) is 14.6. The molecule has 0 aliphatic carbocycles. The molecule has 0 bridgehead atoms. The van der Waals surface area contributed by atoms with Gasteiger partial charge in [-0.25, -0.2) is 0 Å². The van der Waals surface area contributed by atoms with Crippen molar-refractivity contribution in [2.45, 2.75) is 6.42 Å². The maximum absolute atomic E-state index is 12.6. The summed E-state index contributed by atoms with van der Waals surface area (Å²) in [6.45, 7) is 2.98. The molecule has 1 radical (unpaired) electrons. The van der Waals surface area contributed by atoms with Crippen LogP contribution in [-0.4, -0.2) is 37.0 Å².